The molecule has 0 radical (unpaired) electrons. The third-order valence-electron chi connectivity index (χ3n) is 3.41. The van der Waals surface area contributed by atoms with Crippen molar-refractivity contribution in [3.05, 3.63) is 0 Å². The third-order valence-corrected chi connectivity index (χ3v) is 3.41. The van der Waals surface area contributed by atoms with Gasteiger partial charge in [0, 0.05) is 0 Å². The second-order valence-corrected chi connectivity index (χ2v) is 5.19. The van der Waals surface area contributed by atoms with Crippen molar-refractivity contribution in [3.8, 4) is 0 Å². The van der Waals surface area contributed by atoms with E-state index in [1.165, 1.54) is 25.7 Å². The molecule has 1 nitrogen and oxygen atoms in total. The van der Waals surface area contributed by atoms with Crippen LogP contribution in [0.2, 0.25) is 0 Å². The predicted octanol–water partition coefficient (Wildman–Crippen LogP) is 4.25. The second-order valence-electron chi connectivity index (χ2n) is 5.19. The highest BCUT2D eigenvalue weighted by molar-refractivity contribution is 4.77. The lowest BCUT2D eigenvalue weighted by molar-refractivity contribution is 0.0498. The molecule has 1 heteroatoms. The monoisotopic (exact) mass is 214 g/mol. The fourth-order valence-electron chi connectivity index (χ4n) is 2.21. The Morgan fingerprint density at radius 2 is 1.80 bits per heavy atom. The van der Waals surface area contributed by atoms with Crippen LogP contribution in [0.5, 0.6) is 0 Å². The molecule has 3 unspecified atom stereocenters. The van der Waals surface area contributed by atoms with Gasteiger partial charge in [0.1, 0.15) is 0 Å². The molecule has 1 saturated carbocycles. The van der Waals surface area contributed by atoms with Crippen LogP contribution in [0.15, 0.2) is 0 Å². The predicted molar refractivity (Wildman–Crippen MR) is 67.9 cm³/mol. The molecule has 0 spiro atoms. The molecule has 0 amide bonds. The lowest BCUT2D eigenvalue weighted by atomic mass is 9.78. The van der Waals surface area contributed by atoms with E-state index >= 15 is 0 Å². The first kappa shape index (κ1) is 15.0. The first-order chi connectivity index (χ1) is 7.09. The van der Waals surface area contributed by atoms with E-state index in [1.807, 2.05) is 13.8 Å². The third kappa shape index (κ3) is 6.19. The van der Waals surface area contributed by atoms with Crippen LogP contribution in [0.3, 0.4) is 0 Å². The van der Waals surface area contributed by atoms with Crippen LogP contribution in [0.25, 0.3) is 0 Å². The van der Waals surface area contributed by atoms with Crippen molar-refractivity contribution in [2.24, 2.45) is 17.8 Å². The van der Waals surface area contributed by atoms with Gasteiger partial charge in [-0.2, -0.15) is 0 Å². The van der Waals surface area contributed by atoms with E-state index in [2.05, 4.69) is 20.8 Å². The molecule has 1 fully saturated rings. The fraction of sp³-hybridized carbons (Fsp3) is 1.00. The molecule has 0 heterocycles. The van der Waals surface area contributed by atoms with Gasteiger partial charge in [-0.05, 0) is 30.6 Å². The van der Waals surface area contributed by atoms with Crippen molar-refractivity contribution in [1.82, 2.24) is 0 Å². The molecule has 0 aliphatic heterocycles. The van der Waals surface area contributed by atoms with E-state index in [0.717, 1.165) is 18.3 Å². The Balaban J connectivity index is 0.000000921. The molecule has 1 rings (SSSR count). The minimum atomic E-state index is -0.0223. The van der Waals surface area contributed by atoms with Crippen molar-refractivity contribution < 1.29 is 5.11 Å². The van der Waals surface area contributed by atoms with E-state index in [4.69, 9.17) is 0 Å². The van der Waals surface area contributed by atoms with Gasteiger partial charge in [0.2, 0.25) is 0 Å². The van der Waals surface area contributed by atoms with Gasteiger partial charge in [-0.1, -0.05) is 53.9 Å². The first-order valence-corrected chi connectivity index (χ1v) is 6.77. The second kappa shape index (κ2) is 8.15. The average molecular weight is 214 g/mol. The van der Waals surface area contributed by atoms with E-state index in [-0.39, 0.29) is 6.10 Å². The highest BCUT2D eigenvalue weighted by Gasteiger charge is 2.25. The minimum Gasteiger partial charge on any atom is -0.393 e. The first-order valence-electron chi connectivity index (χ1n) is 6.77. The largest absolute Gasteiger partial charge is 0.393 e. The summed E-state index contributed by atoms with van der Waals surface area (Å²) in [6, 6.07) is 0. The maximum absolute atomic E-state index is 9.71. The summed E-state index contributed by atoms with van der Waals surface area (Å²) in [5.41, 5.74) is 0. The molecule has 3 atom stereocenters. The quantitative estimate of drug-likeness (QED) is 0.745. The van der Waals surface area contributed by atoms with E-state index in [9.17, 15) is 5.11 Å². The molecule has 1 aliphatic carbocycles. The Labute approximate surface area is 96.3 Å². The van der Waals surface area contributed by atoms with Crippen LogP contribution in [0, 0.1) is 17.8 Å². The average Bonchev–Trinajstić information content (AvgIpc) is 2.23. The van der Waals surface area contributed by atoms with Gasteiger partial charge >= 0.3 is 0 Å². The normalized spacial score (nSPS) is 31.0. The molecule has 0 aromatic heterocycles. The Morgan fingerprint density at radius 1 is 1.20 bits per heavy atom. The standard InChI is InChI=1S/C12H24O.C2H6/c1-9(2)4-6-11-7-5-10(3)12(13)8-11;1-2/h9-13H,4-8H2,1-3H3;1-2H3. The van der Waals surface area contributed by atoms with Crippen molar-refractivity contribution in [3.63, 3.8) is 0 Å². The maximum Gasteiger partial charge on any atom is 0.0568 e. The zero-order valence-corrected chi connectivity index (χ0v) is 11.3. The number of aliphatic hydroxyl groups is 1. The summed E-state index contributed by atoms with van der Waals surface area (Å²) >= 11 is 0. The minimum absolute atomic E-state index is 0.0223. The van der Waals surface area contributed by atoms with Gasteiger partial charge in [-0.15, -0.1) is 0 Å². The summed E-state index contributed by atoms with van der Waals surface area (Å²) in [5.74, 6) is 2.15. The lowest BCUT2D eigenvalue weighted by Gasteiger charge is -2.31. The fourth-order valence-corrected chi connectivity index (χ4v) is 2.21. The van der Waals surface area contributed by atoms with Gasteiger partial charge in [0.25, 0.3) is 0 Å². The molecule has 0 saturated heterocycles. The Kier molecular flexibility index (Phi) is 8.13. The summed E-state index contributed by atoms with van der Waals surface area (Å²) in [6.07, 6.45) is 6.24. The molecule has 0 aromatic carbocycles. The zero-order chi connectivity index (χ0) is 11.8. The number of hydrogen-bond donors (Lipinski definition) is 1. The molecular weight excluding hydrogens is 184 g/mol. The Hall–Kier alpha value is -0.0400. The molecule has 0 aromatic rings. The molecule has 92 valence electrons. The summed E-state index contributed by atoms with van der Waals surface area (Å²) in [6.45, 7) is 10.7. The number of aliphatic hydroxyl groups excluding tert-OH is 1. The van der Waals surface area contributed by atoms with Crippen LogP contribution < -0.4 is 0 Å². The number of hydrogen-bond acceptors (Lipinski definition) is 1. The van der Waals surface area contributed by atoms with Gasteiger partial charge in [-0.3, -0.25) is 0 Å². The SMILES string of the molecule is CC.CC(C)CCC1CCC(C)C(O)C1. The van der Waals surface area contributed by atoms with E-state index < -0.39 is 0 Å². The molecule has 1 aliphatic rings. The Bertz CT molecular complexity index is 142. The van der Waals surface area contributed by atoms with Gasteiger partial charge < -0.3 is 5.11 Å². The molecular formula is C14H30O. The number of rotatable bonds is 3. The van der Waals surface area contributed by atoms with Crippen LogP contribution in [-0.4, -0.2) is 11.2 Å². The molecule has 15 heavy (non-hydrogen) atoms. The van der Waals surface area contributed by atoms with Crippen molar-refractivity contribution >= 4 is 0 Å². The van der Waals surface area contributed by atoms with Crippen LogP contribution in [0.1, 0.15) is 66.7 Å². The molecule has 1 N–H and O–H groups in total. The van der Waals surface area contributed by atoms with E-state index in [0.29, 0.717) is 5.92 Å². The topological polar surface area (TPSA) is 20.2 Å². The lowest BCUT2D eigenvalue weighted by Crippen LogP contribution is -2.27. The van der Waals surface area contributed by atoms with E-state index in [1.54, 1.807) is 0 Å². The van der Waals surface area contributed by atoms with Gasteiger partial charge in [0.15, 0.2) is 0 Å². The van der Waals surface area contributed by atoms with Crippen molar-refractivity contribution in [2.45, 2.75) is 72.8 Å². The zero-order valence-electron chi connectivity index (χ0n) is 11.3. The summed E-state index contributed by atoms with van der Waals surface area (Å²) < 4.78 is 0. The highest BCUT2D eigenvalue weighted by Crippen LogP contribution is 2.32. The van der Waals surface area contributed by atoms with Gasteiger partial charge in [0.05, 0.1) is 6.10 Å². The van der Waals surface area contributed by atoms with Gasteiger partial charge in [-0.25, -0.2) is 0 Å². The maximum atomic E-state index is 9.71. The van der Waals surface area contributed by atoms with Crippen molar-refractivity contribution in [1.29, 1.82) is 0 Å². The van der Waals surface area contributed by atoms with Crippen molar-refractivity contribution in [2.75, 3.05) is 0 Å². The smallest absolute Gasteiger partial charge is 0.0568 e. The van der Waals surface area contributed by atoms with Crippen LogP contribution in [0.4, 0.5) is 0 Å². The van der Waals surface area contributed by atoms with Crippen LogP contribution >= 0.6 is 0 Å². The Morgan fingerprint density at radius 3 is 2.27 bits per heavy atom. The summed E-state index contributed by atoms with van der Waals surface area (Å²) in [5, 5.41) is 9.71. The summed E-state index contributed by atoms with van der Waals surface area (Å²) in [7, 11) is 0. The van der Waals surface area contributed by atoms with Crippen LogP contribution in [-0.2, 0) is 0 Å². The molecule has 0 bridgehead atoms. The highest BCUT2D eigenvalue weighted by atomic mass is 16.3. The summed E-state index contributed by atoms with van der Waals surface area (Å²) in [4.78, 5) is 0.